The fourth-order valence-corrected chi connectivity index (χ4v) is 3.78. The maximum absolute atomic E-state index is 13.1. The molecule has 35 heavy (non-hydrogen) atoms. The smallest absolute Gasteiger partial charge is 0.464 e. The Kier molecular flexibility index (Phi) is 10.2. The molecule has 0 amide bonds. The van der Waals surface area contributed by atoms with E-state index in [-0.39, 0.29) is 36.4 Å². The van der Waals surface area contributed by atoms with Gasteiger partial charge in [0.2, 0.25) is 5.78 Å². The van der Waals surface area contributed by atoms with Gasteiger partial charge in [0.05, 0.1) is 51.2 Å². The molecule has 0 fully saturated rings. The van der Waals surface area contributed by atoms with E-state index in [0.717, 1.165) is 11.3 Å². The molecule has 2 heterocycles. The highest BCUT2D eigenvalue weighted by Crippen LogP contribution is 2.25. The lowest BCUT2D eigenvalue weighted by Gasteiger charge is -2.09. The first-order chi connectivity index (χ1) is 17.0. The average Bonchev–Trinajstić information content (AvgIpc) is 3.51. The van der Waals surface area contributed by atoms with Crippen molar-refractivity contribution in [2.24, 2.45) is 0 Å². The first-order valence-corrected chi connectivity index (χ1v) is 11.5. The van der Waals surface area contributed by atoms with Gasteiger partial charge in [0.15, 0.2) is 17.4 Å². The molecule has 0 unspecified atom stereocenters. The van der Waals surface area contributed by atoms with Crippen molar-refractivity contribution in [1.29, 1.82) is 0 Å². The van der Waals surface area contributed by atoms with Crippen LogP contribution < -0.4 is 0 Å². The number of benzene rings is 1. The largest absolute Gasteiger partial charge is 0.510 e. The number of methoxy groups -OCH3 is 2. The van der Waals surface area contributed by atoms with Crippen LogP contribution in [0, 0.1) is 0 Å². The van der Waals surface area contributed by atoms with E-state index < -0.39 is 12.1 Å². The van der Waals surface area contributed by atoms with Gasteiger partial charge in [0.1, 0.15) is 6.61 Å². The number of hydrogen-bond donors (Lipinski definition) is 0. The number of ether oxygens (including phenoxy) is 6. The molecule has 3 rings (SSSR count). The van der Waals surface area contributed by atoms with Crippen molar-refractivity contribution in [3.8, 4) is 0 Å². The van der Waals surface area contributed by atoms with Gasteiger partial charge in [-0.3, -0.25) is 4.79 Å². The predicted molar refractivity (Wildman–Crippen MR) is 125 cm³/mol. The minimum Gasteiger partial charge on any atom is -0.464 e. The molecule has 3 aromatic rings. The molecule has 2 aromatic heterocycles. The van der Waals surface area contributed by atoms with Crippen LogP contribution in [0.2, 0.25) is 0 Å². The van der Waals surface area contributed by atoms with Crippen molar-refractivity contribution in [3.63, 3.8) is 0 Å². The third-order valence-corrected chi connectivity index (χ3v) is 5.54. The van der Waals surface area contributed by atoms with E-state index in [0.29, 0.717) is 42.9 Å². The molecule has 0 bridgehead atoms. The number of ketones is 1. The lowest BCUT2D eigenvalue weighted by Crippen LogP contribution is -2.15. The number of fused-ring (bicyclic) bond motifs is 1. The van der Waals surface area contributed by atoms with Crippen molar-refractivity contribution >= 4 is 40.1 Å². The Hall–Kier alpha value is -3.32. The van der Waals surface area contributed by atoms with Gasteiger partial charge in [0, 0.05) is 24.1 Å². The molecule has 0 atom stereocenters. The van der Waals surface area contributed by atoms with E-state index in [1.807, 2.05) is 0 Å². The van der Waals surface area contributed by atoms with Gasteiger partial charge in [0.25, 0.3) is 0 Å². The van der Waals surface area contributed by atoms with Crippen molar-refractivity contribution in [2.45, 2.75) is 6.73 Å². The van der Waals surface area contributed by atoms with Crippen LogP contribution in [0.3, 0.4) is 0 Å². The summed E-state index contributed by atoms with van der Waals surface area (Å²) in [6, 6.07) is 7.18. The Balaban J connectivity index is 1.53. The normalized spacial score (nSPS) is 10.9. The average molecular weight is 507 g/mol. The fraction of sp³-hybridized carbons (Fsp3) is 0.391. The van der Waals surface area contributed by atoms with Crippen LogP contribution in [0.15, 0.2) is 35.8 Å². The highest BCUT2D eigenvalue weighted by Gasteiger charge is 2.21. The van der Waals surface area contributed by atoms with Gasteiger partial charge in [-0.1, -0.05) is 18.2 Å². The van der Waals surface area contributed by atoms with Crippen LogP contribution >= 0.6 is 11.3 Å². The second-order valence-electron chi connectivity index (χ2n) is 6.98. The SMILES string of the molecule is COCCOCCOCCOC(=O)OCn1cc(C(=O)c2nc(C(=O)OC)cs2)c2ccccc21. The Morgan fingerprint density at radius 3 is 2.40 bits per heavy atom. The van der Waals surface area contributed by atoms with Crippen LogP contribution in [-0.4, -0.2) is 81.3 Å². The second-order valence-corrected chi connectivity index (χ2v) is 7.84. The number of para-hydroxylation sites is 1. The molecule has 0 spiro atoms. The zero-order valence-corrected chi connectivity index (χ0v) is 20.2. The van der Waals surface area contributed by atoms with Gasteiger partial charge in [-0.2, -0.15) is 0 Å². The lowest BCUT2D eigenvalue weighted by molar-refractivity contribution is -0.00456. The Morgan fingerprint density at radius 2 is 1.66 bits per heavy atom. The zero-order chi connectivity index (χ0) is 25.0. The van der Waals surface area contributed by atoms with E-state index in [2.05, 4.69) is 9.72 Å². The number of rotatable bonds is 14. The molecular formula is C23H26N2O9S. The number of esters is 1. The summed E-state index contributed by atoms with van der Waals surface area (Å²) in [5.74, 6) is -0.971. The lowest BCUT2D eigenvalue weighted by atomic mass is 10.1. The van der Waals surface area contributed by atoms with E-state index in [1.54, 1.807) is 42.1 Å². The fourth-order valence-electron chi connectivity index (χ4n) is 3.04. The van der Waals surface area contributed by atoms with Gasteiger partial charge >= 0.3 is 12.1 Å². The van der Waals surface area contributed by atoms with Crippen molar-refractivity contribution < 1.29 is 42.8 Å². The number of nitrogens with zero attached hydrogens (tertiary/aromatic N) is 2. The van der Waals surface area contributed by atoms with Crippen molar-refractivity contribution in [1.82, 2.24) is 9.55 Å². The van der Waals surface area contributed by atoms with Crippen LogP contribution in [0.4, 0.5) is 4.79 Å². The molecule has 0 N–H and O–H groups in total. The first-order valence-electron chi connectivity index (χ1n) is 10.7. The van der Waals surface area contributed by atoms with Crippen LogP contribution in [0.25, 0.3) is 10.9 Å². The van der Waals surface area contributed by atoms with Crippen LogP contribution in [0.5, 0.6) is 0 Å². The topological polar surface area (TPSA) is 124 Å². The summed E-state index contributed by atoms with van der Waals surface area (Å²) in [5, 5.41) is 2.28. The third-order valence-electron chi connectivity index (χ3n) is 4.70. The highest BCUT2D eigenvalue weighted by molar-refractivity contribution is 7.12. The van der Waals surface area contributed by atoms with E-state index in [9.17, 15) is 14.4 Å². The molecular weight excluding hydrogens is 480 g/mol. The summed E-state index contributed by atoms with van der Waals surface area (Å²) < 4.78 is 31.9. The summed E-state index contributed by atoms with van der Waals surface area (Å²) in [4.78, 5) is 40.7. The zero-order valence-electron chi connectivity index (χ0n) is 19.4. The molecule has 0 aliphatic carbocycles. The number of thiazole rings is 1. The summed E-state index contributed by atoms with van der Waals surface area (Å²) in [6.07, 6.45) is 0.713. The maximum Gasteiger partial charge on any atom is 0.510 e. The van der Waals surface area contributed by atoms with Crippen molar-refractivity contribution in [2.75, 3.05) is 53.9 Å². The Labute approximate surface area is 205 Å². The molecule has 0 aliphatic heterocycles. The first kappa shape index (κ1) is 26.3. The molecule has 0 aliphatic rings. The number of aromatic nitrogens is 2. The standard InChI is InChI=1S/C23H26N2O9S/c1-29-7-8-31-9-10-32-11-12-33-23(28)34-15-25-13-17(16-5-3-4-6-19(16)25)20(26)21-24-18(14-35-21)22(27)30-2/h3-6,13-14H,7-12,15H2,1-2H3. The Morgan fingerprint density at radius 1 is 0.943 bits per heavy atom. The van der Waals surface area contributed by atoms with E-state index >= 15 is 0 Å². The van der Waals surface area contributed by atoms with E-state index in [1.165, 1.54) is 12.5 Å². The van der Waals surface area contributed by atoms with Crippen LogP contribution in [0.1, 0.15) is 25.9 Å². The summed E-state index contributed by atoms with van der Waals surface area (Å²) in [6.45, 7) is 1.86. The second kappa shape index (κ2) is 13.5. The van der Waals surface area contributed by atoms with E-state index in [4.69, 9.17) is 23.7 Å². The van der Waals surface area contributed by atoms with Crippen molar-refractivity contribution in [3.05, 3.63) is 52.1 Å². The van der Waals surface area contributed by atoms with Gasteiger partial charge in [-0.15, -0.1) is 11.3 Å². The molecule has 188 valence electrons. The summed E-state index contributed by atoms with van der Waals surface area (Å²) in [5.41, 5.74) is 1.12. The predicted octanol–water partition coefficient (Wildman–Crippen LogP) is 2.91. The van der Waals surface area contributed by atoms with Gasteiger partial charge in [-0.05, 0) is 6.07 Å². The highest BCUT2D eigenvalue weighted by atomic mass is 32.1. The van der Waals surface area contributed by atoms with Gasteiger partial charge in [-0.25, -0.2) is 14.6 Å². The Bertz CT molecular complexity index is 1140. The third kappa shape index (κ3) is 7.33. The molecule has 0 saturated heterocycles. The summed E-state index contributed by atoms with van der Waals surface area (Å²) in [7, 11) is 2.84. The molecule has 0 radical (unpaired) electrons. The number of carbonyl (C=O) groups excluding carboxylic acids is 3. The van der Waals surface area contributed by atoms with Crippen LogP contribution in [-0.2, 0) is 35.2 Å². The quantitative estimate of drug-likeness (QED) is 0.183. The minimum atomic E-state index is -0.863. The molecule has 1 aromatic carbocycles. The number of carbonyl (C=O) groups is 3. The van der Waals surface area contributed by atoms with Gasteiger partial charge < -0.3 is 33.0 Å². The maximum atomic E-state index is 13.1. The number of hydrogen-bond acceptors (Lipinski definition) is 11. The molecule has 11 nitrogen and oxygen atoms in total. The molecule has 0 saturated carbocycles. The summed E-state index contributed by atoms with van der Waals surface area (Å²) >= 11 is 1.05. The molecule has 12 heteroatoms. The minimum absolute atomic E-state index is 0.0274. The monoisotopic (exact) mass is 506 g/mol.